The van der Waals surface area contributed by atoms with Crippen LogP contribution < -0.4 is 11.5 Å². The van der Waals surface area contributed by atoms with E-state index < -0.39 is 0 Å². The molecule has 2 atom stereocenters. The molecule has 4 rings (SSSR count). The van der Waals surface area contributed by atoms with E-state index >= 15 is 0 Å². The van der Waals surface area contributed by atoms with Crippen LogP contribution in [-0.4, -0.2) is 0 Å². The van der Waals surface area contributed by atoms with Crippen molar-refractivity contribution in [3.8, 4) is 0 Å². The van der Waals surface area contributed by atoms with E-state index in [2.05, 4.69) is 60.7 Å². The predicted molar refractivity (Wildman–Crippen MR) is 113 cm³/mol. The molecule has 0 amide bonds. The molecule has 0 radical (unpaired) electrons. The fourth-order valence-electron chi connectivity index (χ4n) is 2.98. The smallest absolute Gasteiger partial charge is 0.0266 e. The van der Waals surface area contributed by atoms with Gasteiger partial charge in [0.25, 0.3) is 0 Å². The van der Waals surface area contributed by atoms with Crippen LogP contribution in [0.25, 0.3) is 21.5 Å². The summed E-state index contributed by atoms with van der Waals surface area (Å²) in [5.41, 5.74) is 14.0. The van der Waals surface area contributed by atoms with Crippen LogP contribution in [0.1, 0.15) is 37.1 Å². The van der Waals surface area contributed by atoms with Crippen LogP contribution in [0, 0.1) is 0 Å². The van der Waals surface area contributed by atoms with Crippen LogP contribution in [0.2, 0.25) is 0 Å². The standard InChI is InChI=1S/2C12H13N/c2*1-9(13)11-7-6-10-4-2-3-5-12(10)8-11/h2*2-9H,13H2,1H3/t2*9-/m10/s1. The van der Waals surface area contributed by atoms with Crippen LogP contribution in [0.5, 0.6) is 0 Å². The molecular formula is C24H26N2. The molecule has 4 aromatic carbocycles. The van der Waals surface area contributed by atoms with Crippen molar-refractivity contribution in [2.75, 3.05) is 0 Å². The predicted octanol–water partition coefficient (Wildman–Crippen LogP) is 5.72. The fourth-order valence-corrected chi connectivity index (χ4v) is 2.98. The van der Waals surface area contributed by atoms with Gasteiger partial charge in [0.2, 0.25) is 0 Å². The first-order chi connectivity index (χ1) is 12.5. The zero-order valence-corrected chi connectivity index (χ0v) is 15.4. The third-order valence-corrected chi connectivity index (χ3v) is 4.60. The summed E-state index contributed by atoms with van der Waals surface area (Å²) in [7, 11) is 0. The van der Waals surface area contributed by atoms with E-state index in [4.69, 9.17) is 11.5 Å². The van der Waals surface area contributed by atoms with Crippen molar-refractivity contribution in [1.29, 1.82) is 0 Å². The highest BCUT2D eigenvalue weighted by Crippen LogP contribution is 2.19. The van der Waals surface area contributed by atoms with Gasteiger partial charge in [-0.15, -0.1) is 0 Å². The normalized spacial score (nSPS) is 13.1. The highest BCUT2D eigenvalue weighted by atomic mass is 14.6. The molecule has 0 aliphatic carbocycles. The Labute approximate surface area is 155 Å². The zero-order chi connectivity index (χ0) is 18.5. The van der Waals surface area contributed by atoms with Crippen molar-refractivity contribution in [2.45, 2.75) is 25.9 Å². The first-order valence-corrected chi connectivity index (χ1v) is 9.03. The van der Waals surface area contributed by atoms with E-state index in [0.717, 1.165) is 0 Å². The Hall–Kier alpha value is -2.68. The van der Waals surface area contributed by atoms with Crippen molar-refractivity contribution in [3.63, 3.8) is 0 Å². The Morgan fingerprint density at radius 3 is 1.19 bits per heavy atom. The van der Waals surface area contributed by atoms with E-state index in [1.54, 1.807) is 0 Å². The van der Waals surface area contributed by atoms with Crippen molar-refractivity contribution >= 4 is 21.5 Å². The van der Waals surface area contributed by atoms with Gasteiger partial charge in [0.15, 0.2) is 0 Å². The maximum atomic E-state index is 5.80. The van der Waals surface area contributed by atoms with Gasteiger partial charge in [-0.05, 0) is 58.7 Å². The molecule has 0 saturated carbocycles. The quantitative estimate of drug-likeness (QED) is 0.489. The van der Waals surface area contributed by atoms with Crippen LogP contribution >= 0.6 is 0 Å². The minimum Gasteiger partial charge on any atom is -0.324 e. The molecule has 0 saturated heterocycles. The minimum absolute atomic E-state index is 0.115. The molecule has 2 heteroatoms. The van der Waals surface area contributed by atoms with Gasteiger partial charge in [-0.2, -0.15) is 0 Å². The highest BCUT2D eigenvalue weighted by Gasteiger charge is 2.00. The third-order valence-electron chi connectivity index (χ3n) is 4.60. The summed E-state index contributed by atoms with van der Waals surface area (Å²) in [5.74, 6) is 0. The molecule has 0 fully saturated rings. The maximum absolute atomic E-state index is 5.80. The number of fused-ring (bicyclic) bond motifs is 2. The van der Waals surface area contributed by atoms with E-state index in [9.17, 15) is 0 Å². The van der Waals surface area contributed by atoms with Crippen molar-refractivity contribution in [2.24, 2.45) is 11.5 Å². The minimum atomic E-state index is 0.115. The van der Waals surface area contributed by atoms with E-state index in [1.807, 2.05) is 38.1 Å². The molecule has 2 nitrogen and oxygen atoms in total. The van der Waals surface area contributed by atoms with Gasteiger partial charge in [-0.25, -0.2) is 0 Å². The zero-order valence-electron chi connectivity index (χ0n) is 15.4. The topological polar surface area (TPSA) is 52.0 Å². The lowest BCUT2D eigenvalue weighted by Gasteiger charge is -2.06. The first kappa shape index (κ1) is 18.1. The number of benzene rings is 4. The number of nitrogens with two attached hydrogens (primary N) is 2. The highest BCUT2D eigenvalue weighted by molar-refractivity contribution is 5.83. The monoisotopic (exact) mass is 342 g/mol. The molecule has 0 aliphatic heterocycles. The Balaban J connectivity index is 0.000000151. The number of rotatable bonds is 2. The summed E-state index contributed by atoms with van der Waals surface area (Å²) < 4.78 is 0. The molecule has 0 aliphatic rings. The summed E-state index contributed by atoms with van der Waals surface area (Å²) in [6, 6.07) is 29.6. The van der Waals surface area contributed by atoms with Gasteiger partial charge in [0, 0.05) is 12.1 Å². The van der Waals surface area contributed by atoms with Crippen molar-refractivity contribution < 1.29 is 0 Å². The summed E-state index contributed by atoms with van der Waals surface area (Å²) >= 11 is 0. The third kappa shape index (κ3) is 4.29. The van der Waals surface area contributed by atoms with E-state index in [-0.39, 0.29) is 12.1 Å². The van der Waals surface area contributed by atoms with Crippen molar-refractivity contribution in [3.05, 3.63) is 96.1 Å². The summed E-state index contributed by atoms with van der Waals surface area (Å²) in [6.07, 6.45) is 0. The van der Waals surface area contributed by atoms with Crippen molar-refractivity contribution in [1.82, 2.24) is 0 Å². The molecule has 132 valence electrons. The molecule has 0 unspecified atom stereocenters. The van der Waals surface area contributed by atoms with Crippen LogP contribution in [0.15, 0.2) is 84.9 Å². The van der Waals surface area contributed by atoms with Gasteiger partial charge in [0.1, 0.15) is 0 Å². The Kier molecular flexibility index (Phi) is 5.67. The van der Waals surface area contributed by atoms with Gasteiger partial charge < -0.3 is 11.5 Å². The second-order valence-corrected chi connectivity index (χ2v) is 6.79. The molecular weight excluding hydrogens is 316 g/mol. The van der Waals surface area contributed by atoms with Gasteiger partial charge in [-0.1, -0.05) is 72.8 Å². The van der Waals surface area contributed by atoms with E-state index in [0.29, 0.717) is 0 Å². The van der Waals surface area contributed by atoms with Gasteiger partial charge in [-0.3, -0.25) is 0 Å². The molecule has 0 spiro atoms. The Morgan fingerprint density at radius 2 is 0.846 bits per heavy atom. The molecule has 0 aromatic heterocycles. The number of hydrogen-bond acceptors (Lipinski definition) is 2. The van der Waals surface area contributed by atoms with Crippen LogP contribution in [0.3, 0.4) is 0 Å². The second-order valence-electron chi connectivity index (χ2n) is 6.79. The number of hydrogen-bond donors (Lipinski definition) is 2. The second kappa shape index (κ2) is 8.13. The molecule has 4 N–H and O–H groups in total. The lowest BCUT2D eigenvalue weighted by molar-refractivity contribution is 0.820. The summed E-state index contributed by atoms with van der Waals surface area (Å²) in [5, 5.41) is 5.06. The Morgan fingerprint density at radius 1 is 0.500 bits per heavy atom. The lowest BCUT2D eigenvalue weighted by atomic mass is 10.0. The molecule has 0 bridgehead atoms. The van der Waals surface area contributed by atoms with Gasteiger partial charge in [0.05, 0.1) is 0 Å². The van der Waals surface area contributed by atoms with Crippen LogP contribution in [-0.2, 0) is 0 Å². The van der Waals surface area contributed by atoms with E-state index in [1.165, 1.54) is 32.7 Å². The molecule has 26 heavy (non-hydrogen) atoms. The lowest BCUT2D eigenvalue weighted by Crippen LogP contribution is -2.04. The first-order valence-electron chi connectivity index (χ1n) is 9.03. The van der Waals surface area contributed by atoms with Gasteiger partial charge >= 0.3 is 0 Å². The summed E-state index contributed by atoms with van der Waals surface area (Å²) in [6.45, 7) is 4.01. The molecule has 4 aromatic rings. The molecule has 0 heterocycles. The summed E-state index contributed by atoms with van der Waals surface area (Å²) in [4.78, 5) is 0. The average Bonchev–Trinajstić information content (AvgIpc) is 2.67. The largest absolute Gasteiger partial charge is 0.324 e. The average molecular weight is 342 g/mol. The Bertz CT molecular complexity index is 920. The fraction of sp³-hybridized carbons (Fsp3) is 0.167. The van der Waals surface area contributed by atoms with Crippen LogP contribution in [0.4, 0.5) is 0 Å². The maximum Gasteiger partial charge on any atom is 0.0266 e. The SMILES string of the molecule is C[C@@H](N)c1ccc2ccccc2c1.C[C@H](N)c1ccc2ccccc2c1.